The van der Waals surface area contributed by atoms with E-state index in [1.165, 1.54) is 218 Å². The SMILES string of the molecule is CCCC/C=C\CCCCCCC(=O)OCC(COC(=O)CCCCCCCCCCCCCCCCCCCCC)OC(=O)CCCCCCCCCCCCCCCCCCCCC. The third kappa shape index (κ3) is 53.1. The molecule has 6 nitrogen and oxygen atoms in total. The van der Waals surface area contributed by atoms with Gasteiger partial charge >= 0.3 is 17.9 Å². The monoisotopic (exact) mass is 931 g/mol. The fraction of sp³-hybridized carbons (Fsp3) is 0.917. The van der Waals surface area contributed by atoms with Gasteiger partial charge in [0.15, 0.2) is 6.10 Å². The number of rotatable bonds is 55. The van der Waals surface area contributed by atoms with Gasteiger partial charge in [0.05, 0.1) is 0 Å². The van der Waals surface area contributed by atoms with Crippen LogP contribution in [0.25, 0.3) is 0 Å². The zero-order chi connectivity index (χ0) is 47.9. The smallest absolute Gasteiger partial charge is 0.306 e. The van der Waals surface area contributed by atoms with Gasteiger partial charge < -0.3 is 14.2 Å². The van der Waals surface area contributed by atoms with Crippen molar-refractivity contribution in [2.45, 2.75) is 341 Å². The molecular weight excluding hydrogens is 817 g/mol. The molecule has 0 N–H and O–H groups in total. The quantitative estimate of drug-likeness (QED) is 0.0262. The Morgan fingerprint density at radius 1 is 0.288 bits per heavy atom. The van der Waals surface area contributed by atoms with Crippen molar-refractivity contribution in [1.29, 1.82) is 0 Å². The van der Waals surface area contributed by atoms with Crippen molar-refractivity contribution in [2.75, 3.05) is 13.2 Å². The number of ether oxygens (including phenoxy) is 3. The minimum atomic E-state index is -0.768. The molecule has 6 heteroatoms. The van der Waals surface area contributed by atoms with E-state index in [4.69, 9.17) is 14.2 Å². The van der Waals surface area contributed by atoms with Crippen LogP contribution in [0.15, 0.2) is 12.2 Å². The number of allylic oxidation sites excluding steroid dienone is 2. The summed E-state index contributed by atoms with van der Waals surface area (Å²) in [5.41, 5.74) is 0. The Labute approximate surface area is 411 Å². The van der Waals surface area contributed by atoms with Gasteiger partial charge in [-0.2, -0.15) is 0 Å². The summed E-state index contributed by atoms with van der Waals surface area (Å²) in [6.45, 7) is 6.65. The van der Waals surface area contributed by atoms with Gasteiger partial charge in [0, 0.05) is 19.3 Å². The number of esters is 3. The maximum Gasteiger partial charge on any atom is 0.306 e. The number of carbonyl (C=O) groups excluding carboxylic acids is 3. The van der Waals surface area contributed by atoms with Crippen LogP contribution < -0.4 is 0 Å². The van der Waals surface area contributed by atoms with Gasteiger partial charge in [-0.15, -0.1) is 0 Å². The zero-order valence-corrected chi connectivity index (χ0v) is 44.7. The highest BCUT2D eigenvalue weighted by molar-refractivity contribution is 5.71. The lowest BCUT2D eigenvalue weighted by atomic mass is 10.0. The molecule has 0 aliphatic carbocycles. The molecule has 390 valence electrons. The summed E-state index contributed by atoms with van der Waals surface area (Å²) in [7, 11) is 0. The highest BCUT2D eigenvalue weighted by atomic mass is 16.6. The van der Waals surface area contributed by atoms with E-state index in [9.17, 15) is 14.4 Å². The second-order valence-electron chi connectivity index (χ2n) is 20.3. The molecule has 0 spiro atoms. The molecular formula is C60H114O6. The van der Waals surface area contributed by atoms with Crippen molar-refractivity contribution in [3.05, 3.63) is 12.2 Å². The van der Waals surface area contributed by atoms with Crippen LogP contribution in [-0.4, -0.2) is 37.2 Å². The normalized spacial score (nSPS) is 12.0. The van der Waals surface area contributed by atoms with Crippen LogP contribution in [0.1, 0.15) is 335 Å². The molecule has 0 radical (unpaired) electrons. The molecule has 0 aromatic rings. The Morgan fingerprint density at radius 3 is 0.803 bits per heavy atom. The molecule has 0 aromatic carbocycles. The van der Waals surface area contributed by atoms with E-state index in [1.807, 2.05) is 0 Å². The molecule has 0 amide bonds. The lowest BCUT2D eigenvalue weighted by molar-refractivity contribution is -0.167. The Kier molecular flexibility index (Phi) is 54.2. The van der Waals surface area contributed by atoms with Gasteiger partial charge in [-0.3, -0.25) is 14.4 Å². The Morgan fingerprint density at radius 2 is 0.515 bits per heavy atom. The first kappa shape index (κ1) is 64.2. The summed E-state index contributed by atoms with van der Waals surface area (Å²) in [4.78, 5) is 38.1. The summed E-state index contributed by atoms with van der Waals surface area (Å²) in [6.07, 6.45) is 63.6. The summed E-state index contributed by atoms with van der Waals surface area (Å²) in [6, 6.07) is 0. The van der Waals surface area contributed by atoms with Gasteiger partial charge in [0.1, 0.15) is 13.2 Å². The summed E-state index contributed by atoms with van der Waals surface area (Å²) >= 11 is 0. The molecule has 0 aromatic heterocycles. The molecule has 0 aliphatic heterocycles. The summed E-state index contributed by atoms with van der Waals surface area (Å²) in [5, 5.41) is 0. The van der Waals surface area contributed by atoms with E-state index >= 15 is 0 Å². The third-order valence-corrected chi connectivity index (χ3v) is 13.5. The number of carbonyl (C=O) groups is 3. The lowest BCUT2D eigenvalue weighted by Gasteiger charge is -2.18. The van der Waals surface area contributed by atoms with E-state index in [0.29, 0.717) is 19.3 Å². The molecule has 0 bridgehead atoms. The van der Waals surface area contributed by atoms with Gasteiger partial charge in [-0.25, -0.2) is 0 Å². The predicted octanol–water partition coefficient (Wildman–Crippen LogP) is 19.7. The topological polar surface area (TPSA) is 78.9 Å². The van der Waals surface area contributed by atoms with E-state index in [-0.39, 0.29) is 31.1 Å². The lowest BCUT2D eigenvalue weighted by Crippen LogP contribution is -2.30. The highest BCUT2D eigenvalue weighted by Gasteiger charge is 2.19. The fourth-order valence-electron chi connectivity index (χ4n) is 9.02. The zero-order valence-electron chi connectivity index (χ0n) is 44.7. The first-order valence-corrected chi connectivity index (χ1v) is 29.7. The molecule has 0 heterocycles. The van der Waals surface area contributed by atoms with Gasteiger partial charge in [-0.1, -0.05) is 290 Å². The Balaban J connectivity index is 4.22. The molecule has 1 unspecified atom stereocenters. The van der Waals surface area contributed by atoms with Gasteiger partial charge in [0.2, 0.25) is 0 Å². The van der Waals surface area contributed by atoms with Crippen LogP contribution in [0.4, 0.5) is 0 Å². The average molecular weight is 932 g/mol. The van der Waals surface area contributed by atoms with E-state index in [2.05, 4.69) is 32.9 Å². The molecule has 0 rings (SSSR count). The fourth-order valence-corrected chi connectivity index (χ4v) is 9.02. The van der Waals surface area contributed by atoms with Crippen LogP contribution >= 0.6 is 0 Å². The number of hydrogen-bond acceptors (Lipinski definition) is 6. The van der Waals surface area contributed by atoms with Crippen LogP contribution in [0, 0.1) is 0 Å². The number of unbranched alkanes of at least 4 members (excludes halogenated alkanes) is 42. The number of hydrogen-bond donors (Lipinski definition) is 0. The van der Waals surface area contributed by atoms with Crippen LogP contribution in [-0.2, 0) is 28.6 Å². The second kappa shape index (κ2) is 55.7. The standard InChI is InChI=1S/C60H114O6/c1-4-7-10-13-16-19-22-24-26-28-30-32-34-36-38-41-44-47-50-53-59(62)65-56-57(55-64-58(61)52-49-46-43-40-21-18-15-12-9-6-3)66-60(63)54-51-48-45-42-39-37-35-33-31-29-27-25-23-20-17-14-11-8-5-2/h15,18,57H,4-14,16-17,19-56H2,1-3H3/b18-15-. The van der Waals surface area contributed by atoms with Gasteiger partial charge in [-0.05, 0) is 38.5 Å². The molecule has 0 fully saturated rings. The first-order chi connectivity index (χ1) is 32.5. The molecule has 0 saturated carbocycles. The Bertz CT molecular complexity index is 1020. The van der Waals surface area contributed by atoms with E-state index in [1.54, 1.807) is 0 Å². The first-order valence-electron chi connectivity index (χ1n) is 29.7. The largest absolute Gasteiger partial charge is 0.462 e. The average Bonchev–Trinajstić information content (AvgIpc) is 3.31. The van der Waals surface area contributed by atoms with Gasteiger partial charge in [0.25, 0.3) is 0 Å². The van der Waals surface area contributed by atoms with Crippen molar-refractivity contribution in [3.8, 4) is 0 Å². The Hall–Kier alpha value is -1.85. The summed E-state index contributed by atoms with van der Waals surface area (Å²) < 4.78 is 16.9. The third-order valence-electron chi connectivity index (χ3n) is 13.5. The predicted molar refractivity (Wildman–Crippen MR) is 284 cm³/mol. The molecule has 0 aliphatic rings. The minimum absolute atomic E-state index is 0.0675. The van der Waals surface area contributed by atoms with Crippen molar-refractivity contribution in [3.63, 3.8) is 0 Å². The minimum Gasteiger partial charge on any atom is -0.462 e. The second-order valence-corrected chi connectivity index (χ2v) is 20.3. The van der Waals surface area contributed by atoms with Crippen molar-refractivity contribution in [1.82, 2.24) is 0 Å². The van der Waals surface area contributed by atoms with Crippen molar-refractivity contribution < 1.29 is 28.6 Å². The van der Waals surface area contributed by atoms with Crippen molar-refractivity contribution >= 4 is 17.9 Å². The summed E-state index contributed by atoms with van der Waals surface area (Å²) in [5.74, 6) is -0.857. The molecule has 1 atom stereocenters. The maximum atomic E-state index is 12.8. The maximum absolute atomic E-state index is 12.8. The van der Waals surface area contributed by atoms with Crippen LogP contribution in [0.5, 0.6) is 0 Å². The van der Waals surface area contributed by atoms with Crippen LogP contribution in [0.3, 0.4) is 0 Å². The van der Waals surface area contributed by atoms with Crippen LogP contribution in [0.2, 0.25) is 0 Å². The molecule has 0 saturated heterocycles. The highest BCUT2D eigenvalue weighted by Crippen LogP contribution is 2.18. The van der Waals surface area contributed by atoms with E-state index in [0.717, 1.165) is 77.0 Å². The molecule has 66 heavy (non-hydrogen) atoms. The van der Waals surface area contributed by atoms with E-state index < -0.39 is 6.10 Å². The van der Waals surface area contributed by atoms with Crippen molar-refractivity contribution in [2.24, 2.45) is 0 Å².